The van der Waals surface area contributed by atoms with Gasteiger partial charge in [0.15, 0.2) is 0 Å². The third-order valence-corrected chi connectivity index (χ3v) is 4.06. The Hall–Kier alpha value is -0.0100. The van der Waals surface area contributed by atoms with Crippen molar-refractivity contribution in [2.75, 3.05) is 0 Å². The number of halogens is 2. The zero-order chi connectivity index (χ0) is 10.6. The van der Waals surface area contributed by atoms with E-state index >= 15 is 0 Å². The highest BCUT2D eigenvalue weighted by Crippen LogP contribution is 2.31. The van der Waals surface area contributed by atoms with E-state index in [0.29, 0.717) is 10.7 Å². The molecule has 0 fully saturated rings. The predicted molar refractivity (Wildman–Crippen MR) is 67.5 cm³/mol. The molecular formula is C12H16BrCl. The van der Waals surface area contributed by atoms with Gasteiger partial charge < -0.3 is 0 Å². The molecule has 2 heteroatoms. The summed E-state index contributed by atoms with van der Waals surface area (Å²) in [6.45, 7) is 4.42. The Labute approximate surface area is 99.8 Å². The summed E-state index contributed by atoms with van der Waals surface area (Å²) in [7, 11) is 0. The lowest BCUT2D eigenvalue weighted by atomic mass is 9.92. The second kappa shape index (κ2) is 5.77. The summed E-state index contributed by atoms with van der Waals surface area (Å²) in [6.07, 6.45) is 2.29. The SMILES string of the molecule is CCC(Br)C(CC)c1cccc(Cl)c1. The summed E-state index contributed by atoms with van der Waals surface area (Å²) in [4.78, 5) is 0.547. The Morgan fingerprint density at radius 1 is 1.29 bits per heavy atom. The molecule has 0 aromatic heterocycles. The summed E-state index contributed by atoms with van der Waals surface area (Å²) < 4.78 is 0. The first kappa shape index (κ1) is 12.1. The van der Waals surface area contributed by atoms with Crippen LogP contribution in [0.15, 0.2) is 24.3 Å². The number of alkyl halides is 1. The summed E-state index contributed by atoms with van der Waals surface area (Å²) in [6, 6.07) is 8.17. The third kappa shape index (κ3) is 2.99. The van der Waals surface area contributed by atoms with Crippen LogP contribution in [0.5, 0.6) is 0 Å². The van der Waals surface area contributed by atoms with E-state index in [0.717, 1.165) is 17.9 Å². The Morgan fingerprint density at radius 3 is 2.50 bits per heavy atom. The number of hydrogen-bond acceptors (Lipinski definition) is 0. The molecule has 0 nitrogen and oxygen atoms in total. The van der Waals surface area contributed by atoms with Crippen LogP contribution in [0.2, 0.25) is 5.02 Å². The highest BCUT2D eigenvalue weighted by molar-refractivity contribution is 9.09. The van der Waals surface area contributed by atoms with Gasteiger partial charge >= 0.3 is 0 Å². The van der Waals surface area contributed by atoms with Crippen molar-refractivity contribution in [1.82, 2.24) is 0 Å². The van der Waals surface area contributed by atoms with Crippen LogP contribution >= 0.6 is 27.5 Å². The highest BCUT2D eigenvalue weighted by atomic mass is 79.9. The quantitative estimate of drug-likeness (QED) is 0.678. The first-order valence-corrected chi connectivity index (χ1v) is 6.37. The maximum Gasteiger partial charge on any atom is 0.0408 e. The lowest BCUT2D eigenvalue weighted by Gasteiger charge is -2.20. The summed E-state index contributed by atoms with van der Waals surface area (Å²) in [5.41, 5.74) is 1.34. The van der Waals surface area contributed by atoms with Gasteiger partial charge in [-0.25, -0.2) is 0 Å². The first-order chi connectivity index (χ1) is 6.69. The molecule has 14 heavy (non-hydrogen) atoms. The molecule has 1 aromatic carbocycles. The Kier molecular flexibility index (Phi) is 4.97. The average Bonchev–Trinajstić information content (AvgIpc) is 2.19. The minimum atomic E-state index is 0.547. The van der Waals surface area contributed by atoms with Crippen molar-refractivity contribution < 1.29 is 0 Å². The van der Waals surface area contributed by atoms with Gasteiger partial charge in [-0.15, -0.1) is 0 Å². The summed E-state index contributed by atoms with van der Waals surface area (Å²) >= 11 is 9.70. The number of hydrogen-bond donors (Lipinski definition) is 0. The minimum Gasteiger partial charge on any atom is -0.0884 e. The molecule has 1 rings (SSSR count). The van der Waals surface area contributed by atoms with Crippen LogP contribution in [0.25, 0.3) is 0 Å². The van der Waals surface area contributed by atoms with Gasteiger partial charge in [-0.2, -0.15) is 0 Å². The smallest absolute Gasteiger partial charge is 0.0408 e. The van der Waals surface area contributed by atoms with E-state index < -0.39 is 0 Å². The lowest BCUT2D eigenvalue weighted by Crippen LogP contribution is -2.10. The van der Waals surface area contributed by atoms with Crippen molar-refractivity contribution in [3.05, 3.63) is 34.9 Å². The molecule has 0 heterocycles. The summed E-state index contributed by atoms with van der Waals surface area (Å²) in [5.74, 6) is 0.568. The largest absolute Gasteiger partial charge is 0.0884 e. The predicted octanol–water partition coefficient (Wildman–Crippen LogP) is 5.01. The van der Waals surface area contributed by atoms with E-state index in [1.165, 1.54) is 5.56 Å². The molecule has 0 radical (unpaired) electrons. The van der Waals surface area contributed by atoms with Crippen LogP contribution in [0, 0.1) is 0 Å². The van der Waals surface area contributed by atoms with Gasteiger partial charge in [0.2, 0.25) is 0 Å². The fourth-order valence-corrected chi connectivity index (χ4v) is 2.60. The molecule has 0 amide bonds. The van der Waals surface area contributed by atoms with Gasteiger partial charge in [0.25, 0.3) is 0 Å². The van der Waals surface area contributed by atoms with E-state index in [1.54, 1.807) is 0 Å². The molecule has 2 unspecified atom stereocenters. The van der Waals surface area contributed by atoms with Crippen LogP contribution < -0.4 is 0 Å². The molecule has 0 aliphatic rings. The monoisotopic (exact) mass is 274 g/mol. The molecule has 0 spiro atoms. The second-order valence-electron chi connectivity index (χ2n) is 3.49. The van der Waals surface area contributed by atoms with E-state index in [1.807, 2.05) is 12.1 Å². The van der Waals surface area contributed by atoms with Gasteiger partial charge in [-0.1, -0.05) is 53.5 Å². The van der Waals surface area contributed by atoms with E-state index in [2.05, 4.69) is 41.9 Å². The molecule has 0 N–H and O–H groups in total. The molecule has 1 aromatic rings. The van der Waals surface area contributed by atoms with Gasteiger partial charge in [-0.3, -0.25) is 0 Å². The van der Waals surface area contributed by atoms with Crippen molar-refractivity contribution in [1.29, 1.82) is 0 Å². The lowest BCUT2D eigenvalue weighted by molar-refractivity contribution is 0.620. The molecule has 0 aliphatic carbocycles. The zero-order valence-electron chi connectivity index (χ0n) is 8.63. The maximum atomic E-state index is 5.98. The molecule has 78 valence electrons. The molecule has 2 atom stereocenters. The van der Waals surface area contributed by atoms with Crippen LogP contribution in [-0.2, 0) is 0 Å². The highest BCUT2D eigenvalue weighted by Gasteiger charge is 2.17. The van der Waals surface area contributed by atoms with Crippen molar-refractivity contribution in [2.24, 2.45) is 0 Å². The van der Waals surface area contributed by atoms with Crippen molar-refractivity contribution >= 4 is 27.5 Å². The van der Waals surface area contributed by atoms with E-state index in [4.69, 9.17) is 11.6 Å². The normalized spacial score (nSPS) is 15.1. The van der Waals surface area contributed by atoms with Crippen molar-refractivity contribution in [3.63, 3.8) is 0 Å². The fraction of sp³-hybridized carbons (Fsp3) is 0.500. The Morgan fingerprint density at radius 2 is 2.00 bits per heavy atom. The molecule has 0 aliphatic heterocycles. The van der Waals surface area contributed by atoms with Gasteiger partial charge in [-0.05, 0) is 36.5 Å². The fourth-order valence-electron chi connectivity index (χ4n) is 1.72. The molecule has 0 saturated carbocycles. The van der Waals surface area contributed by atoms with Gasteiger partial charge in [0.05, 0.1) is 0 Å². The van der Waals surface area contributed by atoms with E-state index in [9.17, 15) is 0 Å². The zero-order valence-corrected chi connectivity index (χ0v) is 11.0. The topological polar surface area (TPSA) is 0 Å². The maximum absolute atomic E-state index is 5.98. The van der Waals surface area contributed by atoms with Crippen LogP contribution in [0.3, 0.4) is 0 Å². The third-order valence-electron chi connectivity index (χ3n) is 2.54. The Balaban J connectivity index is 2.89. The second-order valence-corrected chi connectivity index (χ2v) is 5.11. The van der Waals surface area contributed by atoms with Crippen LogP contribution in [0.4, 0.5) is 0 Å². The number of rotatable bonds is 4. The Bertz CT molecular complexity index is 285. The van der Waals surface area contributed by atoms with E-state index in [-0.39, 0.29) is 0 Å². The van der Waals surface area contributed by atoms with Crippen molar-refractivity contribution in [3.8, 4) is 0 Å². The molecule has 0 saturated heterocycles. The van der Waals surface area contributed by atoms with Gasteiger partial charge in [0.1, 0.15) is 0 Å². The molecule has 0 bridgehead atoms. The first-order valence-electron chi connectivity index (χ1n) is 5.08. The standard InChI is InChI=1S/C12H16BrCl/c1-3-11(12(13)4-2)9-6-5-7-10(14)8-9/h5-8,11-12H,3-4H2,1-2H3. The summed E-state index contributed by atoms with van der Waals surface area (Å²) in [5, 5.41) is 0.830. The number of benzene rings is 1. The van der Waals surface area contributed by atoms with Crippen LogP contribution in [-0.4, -0.2) is 4.83 Å². The minimum absolute atomic E-state index is 0.547. The van der Waals surface area contributed by atoms with Gasteiger partial charge in [0, 0.05) is 9.85 Å². The average molecular weight is 276 g/mol. The molecular weight excluding hydrogens is 259 g/mol. The van der Waals surface area contributed by atoms with Crippen molar-refractivity contribution in [2.45, 2.75) is 37.4 Å². The van der Waals surface area contributed by atoms with Crippen LogP contribution in [0.1, 0.15) is 38.2 Å².